The topological polar surface area (TPSA) is 73.2 Å². The molecule has 1 N–H and O–H groups in total. The van der Waals surface area contributed by atoms with Crippen molar-refractivity contribution in [1.82, 2.24) is 9.55 Å². The molecule has 2 aromatic rings. The number of aromatic nitrogens is 2. The van der Waals surface area contributed by atoms with Gasteiger partial charge in [0, 0.05) is 24.9 Å². The third-order valence-electron chi connectivity index (χ3n) is 4.09. The molecule has 1 aromatic heterocycles. The van der Waals surface area contributed by atoms with Gasteiger partial charge < -0.3 is 14.6 Å². The second-order valence-electron chi connectivity index (χ2n) is 5.50. The van der Waals surface area contributed by atoms with Crippen LogP contribution in [0.25, 0.3) is 0 Å². The molecule has 1 aromatic carbocycles. The van der Waals surface area contributed by atoms with Crippen LogP contribution in [0.2, 0.25) is 0 Å². The monoisotopic (exact) mass is 345 g/mol. The number of fused-ring (bicyclic) bond motifs is 1. The number of carbonyl (C=O) groups excluding carboxylic acids is 1. The normalized spacial score (nSPS) is 16.5. The molecule has 126 valence electrons. The molecule has 0 saturated heterocycles. The molecule has 1 unspecified atom stereocenters. The van der Waals surface area contributed by atoms with Gasteiger partial charge in [-0.15, -0.1) is 0 Å². The van der Waals surface area contributed by atoms with Crippen molar-refractivity contribution < 1.29 is 9.53 Å². The van der Waals surface area contributed by atoms with E-state index >= 15 is 0 Å². The van der Waals surface area contributed by atoms with Crippen LogP contribution in [-0.2, 0) is 11.8 Å². The maximum atomic E-state index is 12.7. The van der Waals surface area contributed by atoms with E-state index in [1.807, 2.05) is 38.2 Å². The molecular formula is C17H19N3O3S. The predicted octanol–water partition coefficient (Wildman–Crippen LogP) is 2.38. The molecule has 24 heavy (non-hydrogen) atoms. The Morgan fingerprint density at radius 3 is 2.83 bits per heavy atom. The molecule has 0 fully saturated rings. The Balaban J connectivity index is 2.22. The fourth-order valence-electron chi connectivity index (χ4n) is 3.01. The number of benzene rings is 1. The summed E-state index contributed by atoms with van der Waals surface area (Å²) in [5, 5.41) is 3.43. The Morgan fingerprint density at radius 1 is 1.38 bits per heavy atom. The molecule has 1 aliphatic rings. The van der Waals surface area contributed by atoms with Crippen molar-refractivity contribution in [3.63, 3.8) is 0 Å². The lowest BCUT2D eigenvalue weighted by Crippen LogP contribution is -2.33. The molecule has 6 nitrogen and oxygen atoms in total. The number of carbonyl (C=O) groups is 1. The smallest absolute Gasteiger partial charge is 0.279 e. The van der Waals surface area contributed by atoms with Gasteiger partial charge in [0.2, 0.25) is 5.91 Å². The lowest BCUT2D eigenvalue weighted by Gasteiger charge is -2.28. The van der Waals surface area contributed by atoms with Crippen LogP contribution in [0.5, 0.6) is 5.75 Å². The van der Waals surface area contributed by atoms with Crippen molar-refractivity contribution >= 4 is 23.5 Å². The zero-order valence-corrected chi connectivity index (χ0v) is 14.6. The van der Waals surface area contributed by atoms with Gasteiger partial charge in [-0.25, -0.2) is 0 Å². The highest BCUT2D eigenvalue weighted by Gasteiger charge is 2.33. The third-order valence-corrected chi connectivity index (χ3v) is 5.00. The fourth-order valence-corrected chi connectivity index (χ4v) is 3.70. The zero-order chi connectivity index (χ0) is 17.3. The molecule has 3 rings (SSSR count). The molecule has 1 aliphatic heterocycles. The number of hydrogen-bond donors (Lipinski definition) is 1. The number of methoxy groups -OCH3 is 1. The van der Waals surface area contributed by atoms with Gasteiger partial charge in [0.05, 0.1) is 12.7 Å². The first-order valence-electron chi connectivity index (χ1n) is 7.73. The van der Waals surface area contributed by atoms with Gasteiger partial charge in [0.25, 0.3) is 5.56 Å². The Hall–Kier alpha value is -2.28. The average Bonchev–Trinajstić information content (AvgIpc) is 2.58. The van der Waals surface area contributed by atoms with Crippen molar-refractivity contribution in [2.24, 2.45) is 7.05 Å². The first kappa shape index (κ1) is 16.6. The second kappa shape index (κ2) is 6.68. The number of amides is 1. The van der Waals surface area contributed by atoms with Gasteiger partial charge >= 0.3 is 0 Å². The van der Waals surface area contributed by atoms with E-state index < -0.39 is 0 Å². The summed E-state index contributed by atoms with van der Waals surface area (Å²) < 4.78 is 7.20. The molecule has 0 spiro atoms. The van der Waals surface area contributed by atoms with Crippen molar-refractivity contribution in [2.75, 3.05) is 18.2 Å². The quantitative estimate of drug-likeness (QED) is 0.680. The molecule has 0 radical (unpaired) electrons. The van der Waals surface area contributed by atoms with E-state index in [1.54, 1.807) is 11.7 Å². The number of para-hydroxylation sites is 1. The summed E-state index contributed by atoms with van der Waals surface area (Å²) >= 11 is 1.47. The number of rotatable bonds is 4. The zero-order valence-electron chi connectivity index (χ0n) is 13.8. The molecule has 0 bridgehead atoms. The third kappa shape index (κ3) is 2.80. The number of ether oxygens (including phenoxy) is 1. The number of nitrogens with zero attached hydrogens (tertiary/aromatic N) is 2. The number of nitrogens with one attached hydrogen (secondary N) is 1. The summed E-state index contributed by atoms with van der Waals surface area (Å²) in [5.74, 6) is 1.50. The molecular weight excluding hydrogens is 326 g/mol. The number of anilines is 1. The Kier molecular flexibility index (Phi) is 4.62. The van der Waals surface area contributed by atoms with Crippen molar-refractivity contribution in [3.05, 3.63) is 45.7 Å². The molecule has 1 amide bonds. The van der Waals surface area contributed by atoms with Crippen LogP contribution in [0.15, 0.2) is 34.2 Å². The average molecular weight is 345 g/mol. The largest absolute Gasteiger partial charge is 0.496 e. The molecule has 0 aliphatic carbocycles. The van der Waals surface area contributed by atoms with Crippen LogP contribution in [0.3, 0.4) is 0 Å². The van der Waals surface area contributed by atoms with Crippen LogP contribution >= 0.6 is 11.8 Å². The van der Waals surface area contributed by atoms with Crippen LogP contribution in [0.4, 0.5) is 5.82 Å². The van der Waals surface area contributed by atoms with Gasteiger partial charge in [-0.3, -0.25) is 9.59 Å². The highest BCUT2D eigenvalue weighted by Crippen LogP contribution is 2.39. The number of hydrogen-bond acceptors (Lipinski definition) is 5. The van der Waals surface area contributed by atoms with Gasteiger partial charge in [-0.2, -0.15) is 4.98 Å². The van der Waals surface area contributed by atoms with Crippen molar-refractivity contribution in [2.45, 2.75) is 24.4 Å². The van der Waals surface area contributed by atoms with E-state index in [4.69, 9.17) is 4.74 Å². The van der Waals surface area contributed by atoms with Gasteiger partial charge in [-0.1, -0.05) is 36.9 Å². The van der Waals surface area contributed by atoms with Crippen molar-refractivity contribution in [1.29, 1.82) is 0 Å². The SMILES string of the molecule is CCSc1nc(=O)c2c(n1C)NC(=O)CC2c1ccccc1OC. The summed E-state index contributed by atoms with van der Waals surface area (Å²) in [6, 6.07) is 7.47. The Bertz CT molecular complexity index is 847. The van der Waals surface area contributed by atoms with E-state index in [1.165, 1.54) is 11.8 Å². The van der Waals surface area contributed by atoms with Gasteiger partial charge in [-0.05, 0) is 11.8 Å². The van der Waals surface area contributed by atoms with Crippen LogP contribution in [0, 0.1) is 0 Å². The highest BCUT2D eigenvalue weighted by molar-refractivity contribution is 7.99. The van der Waals surface area contributed by atoms with E-state index in [2.05, 4.69) is 10.3 Å². The van der Waals surface area contributed by atoms with Crippen LogP contribution in [0.1, 0.15) is 30.4 Å². The van der Waals surface area contributed by atoms with Crippen molar-refractivity contribution in [3.8, 4) is 5.75 Å². The molecule has 0 saturated carbocycles. The molecule has 2 heterocycles. The summed E-state index contributed by atoms with van der Waals surface area (Å²) in [7, 11) is 3.40. The molecule has 7 heteroatoms. The second-order valence-corrected chi connectivity index (χ2v) is 6.73. The molecule has 1 atom stereocenters. The summed E-state index contributed by atoms with van der Waals surface area (Å²) in [4.78, 5) is 29.1. The maximum absolute atomic E-state index is 12.7. The highest BCUT2D eigenvalue weighted by atomic mass is 32.2. The fraction of sp³-hybridized carbons (Fsp3) is 0.353. The minimum Gasteiger partial charge on any atom is -0.496 e. The van der Waals surface area contributed by atoms with E-state index in [-0.39, 0.29) is 23.8 Å². The van der Waals surface area contributed by atoms with Gasteiger partial charge in [0.1, 0.15) is 11.6 Å². The van der Waals surface area contributed by atoms with Crippen LogP contribution in [-0.4, -0.2) is 28.3 Å². The van der Waals surface area contributed by atoms with E-state index in [9.17, 15) is 9.59 Å². The van der Waals surface area contributed by atoms with E-state index in [0.717, 1.165) is 11.3 Å². The first-order valence-corrected chi connectivity index (χ1v) is 8.71. The summed E-state index contributed by atoms with van der Waals surface area (Å²) in [6.45, 7) is 1.99. The standard InChI is InChI=1S/C17H19N3O3S/c1-4-24-17-19-16(22)14-11(9-13(21)18-15(14)20(17)2)10-7-5-6-8-12(10)23-3/h5-8,11H,4,9H2,1-3H3,(H,18,21). The minimum absolute atomic E-state index is 0.118. The van der Waals surface area contributed by atoms with Gasteiger partial charge in [0.15, 0.2) is 5.16 Å². The lowest BCUT2D eigenvalue weighted by atomic mass is 9.86. The first-order chi connectivity index (χ1) is 11.6. The summed E-state index contributed by atoms with van der Waals surface area (Å²) in [6.07, 6.45) is 0.199. The maximum Gasteiger partial charge on any atom is 0.279 e. The van der Waals surface area contributed by atoms with Crippen LogP contribution < -0.4 is 15.6 Å². The van der Waals surface area contributed by atoms with E-state index in [0.29, 0.717) is 22.3 Å². The Labute approximate surface area is 144 Å². The minimum atomic E-state index is -0.364. The number of thioether (sulfide) groups is 1. The predicted molar refractivity (Wildman–Crippen MR) is 94.0 cm³/mol. The Morgan fingerprint density at radius 2 is 2.12 bits per heavy atom. The summed E-state index contributed by atoms with van der Waals surface area (Å²) in [5.41, 5.74) is 1.04. The lowest BCUT2D eigenvalue weighted by molar-refractivity contribution is -0.116.